The number of esters is 4. The second kappa shape index (κ2) is 67.2. The first kappa shape index (κ1) is 95.1. The number of ether oxygens (including phenoxy) is 4. The summed E-state index contributed by atoms with van der Waals surface area (Å²) >= 11 is 0. The summed E-state index contributed by atoms with van der Waals surface area (Å²) in [5.41, 5.74) is 0. The van der Waals surface area contributed by atoms with E-state index in [-0.39, 0.29) is 25.7 Å². The Kier molecular flexibility index (Phi) is 65.9. The van der Waals surface area contributed by atoms with Crippen molar-refractivity contribution in [3.05, 3.63) is 0 Å². The van der Waals surface area contributed by atoms with Gasteiger partial charge in [-0.3, -0.25) is 37.3 Å². The second-order valence-corrected chi connectivity index (χ2v) is 32.9. The van der Waals surface area contributed by atoms with Crippen LogP contribution in [-0.2, 0) is 65.4 Å². The maximum Gasteiger partial charge on any atom is 0.472 e. The zero-order chi connectivity index (χ0) is 71.7. The number of hydrogen-bond acceptors (Lipinski definition) is 15. The van der Waals surface area contributed by atoms with Gasteiger partial charge in [0.05, 0.1) is 26.4 Å². The van der Waals surface area contributed by atoms with Crippen molar-refractivity contribution in [1.82, 2.24) is 0 Å². The van der Waals surface area contributed by atoms with Crippen LogP contribution in [0.25, 0.3) is 0 Å². The first-order chi connectivity index (χ1) is 46.6. The van der Waals surface area contributed by atoms with Gasteiger partial charge in [0.15, 0.2) is 12.2 Å². The van der Waals surface area contributed by atoms with Gasteiger partial charge in [-0.1, -0.05) is 344 Å². The average molecular weight is 1420 g/mol. The Balaban J connectivity index is 5.25. The fourth-order valence-corrected chi connectivity index (χ4v) is 13.5. The highest BCUT2D eigenvalue weighted by Gasteiger charge is 2.30. The summed E-state index contributed by atoms with van der Waals surface area (Å²) in [5, 5.41) is 10.6. The standard InChI is InChI=1S/C78H152O17P2/c1-68(2)54-46-38-30-23-17-13-9-11-15-19-26-34-42-50-58-75(80)88-64-73(94-77(82)60-52-44-35-27-20-16-12-10-14-18-24-31-39-47-55-69(3)4)66-92-96(84,85)90-62-72(79)63-91-97(86,87)93-67-74(65-89-76(81)59-51-43-37-29-33-41-49-57-71(7)8)95-78(83)61-53-45-36-28-22-21-25-32-40-48-56-70(5)6/h68-74,79H,9-67H2,1-8H3,(H,84,85)(H,86,87)/t72?,73-,74-/m1/s1. The van der Waals surface area contributed by atoms with E-state index in [1.54, 1.807) is 0 Å². The first-order valence-corrected chi connectivity index (χ1v) is 43.2. The lowest BCUT2D eigenvalue weighted by atomic mass is 10.0. The fraction of sp³-hybridized carbons (Fsp3) is 0.949. The molecule has 0 saturated carbocycles. The van der Waals surface area contributed by atoms with E-state index in [2.05, 4.69) is 55.4 Å². The monoisotopic (exact) mass is 1420 g/mol. The molecule has 0 aliphatic heterocycles. The van der Waals surface area contributed by atoms with Gasteiger partial charge in [-0.05, 0) is 49.4 Å². The van der Waals surface area contributed by atoms with E-state index in [0.29, 0.717) is 31.6 Å². The van der Waals surface area contributed by atoms with E-state index in [0.717, 1.165) is 114 Å². The van der Waals surface area contributed by atoms with Crippen LogP contribution in [0.5, 0.6) is 0 Å². The van der Waals surface area contributed by atoms with E-state index in [1.807, 2.05) is 0 Å². The van der Waals surface area contributed by atoms with E-state index in [4.69, 9.17) is 37.0 Å². The third-order valence-electron chi connectivity index (χ3n) is 18.1. The zero-order valence-corrected chi connectivity index (χ0v) is 65.5. The molecule has 0 heterocycles. The number of rotatable bonds is 75. The number of unbranched alkanes of at least 4 members (excludes halogenated alkanes) is 41. The van der Waals surface area contributed by atoms with E-state index >= 15 is 0 Å². The quantitative estimate of drug-likeness (QED) is 0.0222. The summed E-state index contributed by atoms with van der Waals surface area (Å²) in [6, 6.07) is 0. The third-order valence-corrected chi connectivity index (χ3v) is 20.0. The van der Waals surface area contributed by atoms with Gasteiger partial charge in [0.2, 0.25) is 0 Å². The van der Waals surface area contributed by atoms with Gasteiger partial charge in [-0.2, -0.15) is 0 Å². The highest BCUT2D eigenvalue weighted by molar-refractivity contribution is 7.47. The molecule has 0 aromatic heterocycles. The van der Waals surface area contributed by atoms with Crippen LogP contribution < -0.4 is 0 Å². The molecule has 19 heteroatoms. The molecule has 5 atom stereocenters. The van der Waals surface area contributed by atoms with Crippen molar-refractivity contribution in [2.45, 2.75) is 414 Å². The van der Waals surface area contributed by atoms with Gasteiger partial charge in [0, 0.05) is 25.7 Å². The van der Waals surface area contributed by atoms with Crippen molar-refractivity contribution in [3.8, 4) is 0 Å². The van der Waals surface area contributed by atoms with E-state index in [9.17, 15) is 43.2 Å². The Morgan fingerprint density at radius 3 is 0.639 bits per heavy atom. The summed E-state index contributed by atoms with van der Waals surface area (Å²) in [4.78, 5) is 72.9. The van der Waals surface area contributed by atoms with E-state index in [1.165, 1.54) is 193 Å². The van der Waals surface area contributed by atoms with Crippen LogP contribution in [-0.4, -0.2) is 96.7 Å². The lowest BCUT2D eigenvalue weighted by Crippen LogP contribution is -2.30. The minimum Gasteiger partial charge on any atom is -0.462 e. The molecular formula is C78H152O17P2. The van der Waals surface area contributed by atoms with Crippen molar-refractivity contribution in [3.63, 3.8) is 0 Å². The molecule has 0 aliphatic rings. The molecule has 3 unspecified atom stereocenters. The largest absolute Gasteiger partial charge is 0.472 e. The molecule has 0 spiro atoms. The van der Waals surface area contributed by atoms with Crippen molar-refractivity contribution >= 4 is 39.5 Å². The van der Waals surface area contributed by atoms with Gasteiger partial charge in [0.1, 0.15) is 19.3 Å². The van der Waals surface area contributed by atoms with Crippen LogP contribution in [0, 0.1) is 23.7 Å². The van der Waals surface area contributed by atoms with Crippen molar-refractivity contribution < 1.29 is 80.2 Å². The molecule has 0 aromatic rings. The normalized spacial score (nSPS) is 14.1. The Morgan fingerprint density at radius 2 is 0.433 bits per heavy atom. The lowest BCUT2D eigenvalue weighted by Gasteiger charge is -2.21. The first-order valence-electron chi connectivity index (χ1n) is 40.2. The summed E-state index contributed by atoms with van der Waals surface area (Å²) in [7, 11) is -9.92. The molecule has 0 radical (unpaired) electrons. The Morgan fingerprint density at radius 1 is 0.258 bits per heavy atom. The number of aliphatic hydroxyl groups excluding tert-OH is 1. The summed E-state index contributed by atoms with van der Waals surface area (Å²) in [6.07, 6.45) is 52.8. The summed E-state index contributed by atoms with van der Waals surface area (Å²) < 4.78 is 68.6. The minimum absolute atomic E-state index is 0.105. The highest BCUT2D eigenvalue weighted by atomic mass is 31.2. The molecule has 0 aromatic carbocycles. The Labute approximate surface area is 594 Å². The second-order valence-electron chi connectivity index (χ2n) is 30.0. The predicted molar refractivity (Wildman–Crippen MR) is 395 cm³/mol. The highest BCUT2D eigenvalue weighted by Crippen LogP contribution is 2.45. The SMILES string of the molecule is CC(C)CCCCCCCCCCCCCCCCC(=O)OC[C@H](COP(=O)(O)OCC(O)COP(=O)(O)OC[C@@H](COC(=O)CCCCCCCCCC(C)C)OC(=O)CCCCCCCCCCCCC(C)C)OC(=O)CCCCCCCCCCCCCCCCC(C)C. The summed E-state index contributed by atoms with van der Waals surface area (Å²) in [6.45, 7) is 14.2. The number of phosphoric acid groups is 2. The molecule has 17 nitrogen and oxygen atoms in total. The van der Waals surface area contributed by atoms with Crippen LogP contribution in [0.1, 0.15) is 396 Å². The number of phosphoric ester groups is 2. The molecule has 0 fully saturated rings. The number of carbonyl (C=O) groups is 4. The maximum atomic E-state index is 13.1. The van der Waals surface area contributed by atoms with Crippen LogP contribution >= 0.6 is 15.6 Å². The molecular weight excluding hydrogens is 1270 g/mol. The molecule has 576 valence electrons. The van der Waals surface area contributed by atoms with Crippen LogP contribution in [0.2, 0.25) is 0 Å². The zero-order valence-electron chi connectivity index (χ0n) is 63.7. The topological polar surface area (TPSA) is 237 Å². The molecule has 0 rings (SSSR count). The molecule has 0 saturated heterocycles. The van der Waals surface area contributed by atoms with Crippen LogP contribution in [0.4, 0.5) is 0 Å². The molecule has 97 heavy (non-hydrogen) atoms. The van der Waals surface area contributed by atoms with E-state index < -0.39 is 97.5 Å². The molecule has 0 amide bonds. The van der Waals surface area contributed by atoms with Gasteiger partial charge in [-0.15, -0.1) is 0 Å². The van der Waals surface area contributed by atoms with Gasteiger partial charge < -0.3 is 33.8 Å². The smallest absolute Gasteiger partial charge is 0.462 e. The Bertz CT molecular complexity index is 1900. The van der Waals surface area contributed by atoms with Crippen molar-refractivity contribution in [2.24, 2.45) is 23.7 Å². The van der Waals surface area contributed by atoms with Crippen molar-refractivity contribution in [1.29, 1.82) is 0 Å². The van der Waals surface area contributed by atoms with Gasteiger partial charge in [-0.25, -0.2) is 9.13 Å². The number of aliphatic hydroxyl groups is 1. The van der Waals surface area contributed by atoms with Crippen LogP contribution in [0.15, 0.2) is 0 Å². The summed E-state index contributed by atoms with van der Waals surface area (Å²) in [5.74, 6) is 0.933. The predicted octanol–water partition coefficient (Wildman–Crippen LogP) is 22.8. The lowest BCUT2D eigenvalue weighted by molar-refractivity contribution is -0.161. The maximum absolute atomic E-state index is 13.1. The van der Waals surface area contributed by atoms with Gasteiger partial charge in [0.25, 0.3) is 0 Å². The minimum atomic E-state index is -4.96. The number of carbonyl (C=O) groups excluding carboxylic acids is 4. The average Bonchev–Trinajstić information content (AvgIpc) is 1.49. The molecule has 3 N–H and O–H groups in total. The van der Waals surface area contributed by atoms with Crippen LogP contribution in [0.3, 0.4) is 0 Å². The molecule has 0 bridgehead atoms. The Hall–Kier alpha value is -1.94. The van der Waals surface area contributed by atoms with Gasteiger partial charge >= 0.3 is 39.5 Å². The number of hydrogen-bond donors (Lipinski definition) is 3. The van der Waals surface area contributed by atoms with Crippen molar-refractivity contribution in [2.75, 3.05) is 39.6 Å². The fourth-order valence-electron chi connectivity index (χ4n) is 11.9. The molecule has 0 aliphatic carbocycles. The third kappa shape index (κ3) is 72.2.